The summed E-state index contributed by atoms with van der Waals surface area (Å²) < 4.78 is 0. The maximum atomic E-state index is 3.88. The molecule has 0 bridgehead atoms. The second-order valence-electron chi connectivity index (χ2n) is 2.59. The van der Waals surface area contributed by atoms with Crippen molar-refractivity contribution in [3.8, 4) is 0 Å². The minimum Gasteiger partial charge on any atom is -0.385 e. The van der Waals surface area contributed by atoms with Crippen molar-refractivity contribution in [3.63, 3.8) is 0 Å². The molecule has 1 rings (SSSR count). The van der Waals surface area contributed by atoms with E-state index in [0.29, 0.717) is 0 Å². The SMILES string of the molecule is C=C(C)C1=CCCNC1=C. The fourth-order valence-electron chi connectivity index (χ4n) is 1.09. The second kappa shape index (κ2) is 2.74. The highest BCUT2D eigenvalue weighted by Crippen LogP contribution is 2.17. The zero-order valence-electron chi connectivity index (χ0n) is 6.41. The Morgan fingerprint density at radius 3 is 2.80 bits per heavy atom. The molecule has 0 aromatic heterocycles. The quantitative estimate of drug-likeness (QED) is 0.580. The van der Waals surface area contributed by atoms with Gasteiger partial charge in [0.15, 0.2) is 0 Å². The van der Waals surface area contributed by atoms with E-state index in [1.54, 1.807) is 0 Å². The monoisotopic (exact) mass is 135 g/mol. The molecule has 0 amide bonds. The zero-order valence-corrected chi connectivity index (χ0v) is 6.41. The van der Waals surface area contributed by atoms with Gasteiger partial charge in [-0.25, -0.2) is 0 Å². The second-order valence-corrected chi connectivity index (χ2v) is 2.59. The lowest BCUT2D eigenvalue weighted by Gasteiger charge is -2.17. The maximum absolute atomic E-state index is 3.88. The Balaban J connectivity index is 2.81. The predicted molar refractivity (Wildman–Crippen MR) is 44.7 cm³/mol. The minimum absolute atomic E-state index is 1.01. The van der Waals surface area contributed by atoms with Crippen LogP contribution in [0.4, 0.5) is 0 Å². The normalized spacial score (nSPS) is 17.7. The fraction of sp³-hybridized carbons (Fsp3) is 0.333. The third-order valence-electron chi connectivity index (χ3n) is 1.62. The molecule has 54 valence electrons. The summed E-state index contributed by atoms with van der Waals surface area (Å²) >= 11 is 0. The summed E-state index contributed by atoms with van der Waals surface area (Å²) in [7, 11) is 0. The summed E-state index contributed by atoms with van der Waals surface area (Å²) in [4.78, 5) is 0. The van der Waals surface area contributed by atoms with Gasteiger partial charge in [-0.2, -0.15) is 0 Å². The van der Waals surface area contributed by atoms with E-state index in [9.17, 15) is 0 Å². The standard InChI is InChI=1S/C9H13N/c1-7(2)9-5-4-6-10-8(9)3/h5,10H,1,3-4,6H2,2H3. The van der Waals surface area contributed by atoms with Crippen LogP contribution < -0.4 is 5.32 Å². The van der Waals surface area contributed by atoms with Gasteiger partial charge < -0.3 is 5.32 Å². The van der Waals surface area contributed by atoms with E-state index in [1.807, 2.05) is 6.92 Å². The van der Waals surface area contributed by atoms with Crippen LogP contribution in [0.2, 0.25) is 0 Å². The largest absolute Gasteiger partial charge is 0.385 e. The first kappa shape index (κ1) is 7.13. The van der Waals surface area contributed by atoms with E-state index >= 15 is 0 Å². The molecule has 1 nitrogen and oxygen atoms in total. The van der Waals surface area contributed by atoms with Crippen LogP contribution in [0.1, 0.15) is 13.3 Å². The van der Waals surface area contributed by atoms with Gasteiger partial charge in [-0.1, -0.05) is 19.2 Å². The molecule has 0 fully saturated rings. The van der Waals surface area contributed by atoms with Gasteiger partial charge in [0.1, 0.15) is 0 Å². The molecule has 1 heterocycles. The summed E-state index contributed by atoms with van der Waals surface area (Å²) in [5, 5.41) is 3.19. The van der Waals surface area contributed by atoms with Crippen LogP contribution in [0.15, 0.2) is 36.1 Å². The molecular formula is C9H13N. The molecule has 1 aliphatic heterocycles. The van der Waals surface area contributed by atoms with Gasteiger partial charge in [-0.3, -0.25) is 0 Å². The molecule has 0 saturated heterocycles. The molecular weight excluding hydrogens is 122 g/mol. The minimum atomic E-state index is 1.01. The highest BCUT2D eigenvalue weighted by atomic mass is 14.9. The predicted octanol–water partition coefficient (Wildman–Crippen LogP) is 2.00. The van der Waals surface area contributed by atoms with Crippen LogP contribution in [0.5, 0.6) is 0 Å². The van der Waals surface area contributed by atoms with Gasteiger partial charge in [-0.15, -0.1) is 0 Å². The van der Waals surface area contributed by atoms with Gasteiger partial charge in [-0.05, 0) is 24.5 Å². The van der Waals surface area contributed by atoms with E-state index in [1.165, 1.54) is 5.57 Å². The van der Waals surface area contributed by atoms with Crippen LogP contribution in [0.3, 0.4) is 0 Å². The molecule has 0 saturated carbocycles. The maximum Gasteiger partial charge on any atom is 0.0340 e. The van der Waals surface area contributed by atoms with Gasteiger partial charge in [0.05, 0.1) is 0 Å². The lowest BCUT2D eigenvalue weighted by molar-refractivity contribution is 0.782. The Kier molecular flexibility index (Phi) is 1.95. The molecule has 1 N–H and O–H groups in total. The Morgan fingerprint density at radius 2 is 2.40 bits per heavy atom. The summed E-state index contributed by atoms with van der Waals surface area (Å²) in [6, 6.07) is 0. The molecule has 0 atom stereocenters. The highest BCUT2D eigenvalue weighted by Gasteiger charge is 2.05. The van der Waals surface area contributed by atoms with E-state index < -0.39 is 0 Å². The number of rotatable bonds is 1. The first-order valence-electron chi connectivity index (χ1n) is 3.51. The fourth-order valence-corrected chi connectivity index (χ4v) is 1.09. The third-order valence-corrected chi connectivity index (χ3v) is 1.62. The number of nitrogens with one attached hydrogen (secondary N) is 1. The molecule has 10 heavy (non-hydrogen) atoms. The van der Waals surface area contributed by atoms with E-state index in [0.717, 1.165) is 24.2 Å². The van der Waals surface area contributed by atoms with Crippen LogP contribution in [0, 0.1) is 0 Å². The molecule has 0 aromatic carbocycles. The summed E-state index contributed by atoms with van der Waals surface area (Å²) in [5.41, 5.74) is 3.29. The number of hydrogen-bond donors (Lipinski definition) is 1. The molecule has 1 aliphatic rings. The van der Waals surface area contributed by atoms with Gasteiger partial charge in [0.25, 0.3) is 0 Å². The van der Waals surface area contributed by atoms with Gasteiger partial charge in [0, 0.05) is 12.2 Å². The first-order chi connectivity index (χ1) is 4.72. The lowest BCUT2D eigenvalue weighted by Crippen LogP contribution is -2.19. The van der Waals surface area contributed by atoms with E-state index in [4.69, 9.17) is 0 Å². The van der Waals surface area contributed by atoms with Crippen molar-refractivity contribution in [1.82, 2.24) is 5.32 Å². The number of allylic oxidation sites excluding steroid dienone is 1. The molecule has 0 spiro atoms. The van der Waals surface area contributed by atoms with Crippen molar-refractivity contribution >= 4 is 0 Å². The van der Waals surface area contributed by atoms with Crippen LogP contribution >= 0.6 is 0 Å². The van der Waals surface area contributed by atoms with Crippen molar-refractivity contribution < 1.29 is 0 Å². The van der Waals surface area contributed by atoms with Crippen molar-refractivity contribution in [2.75, 3.05) is 6.54 Å². The highest BCUT2D eigenvalue weighted by molar-refractivity contribution is 5.43. The molecule has 0 radical (unpaired) electrons. The van der Waals surface area contributed by atoms with Gasteiger partial charge in [0.2, 0.25) is 0 Å². The van der Waals surface area contributed by atoms with Crippen LogP contribution in [-0.2, 0) is 0 Å². The molecule has 1 heteroatoms. The summed E-state index contributed by atoms with van der Waals surface area (Å²) in [6.07, 6.45) is 3.27. The molecule has 0 aromatic rings. The third kappa shape index (κ3) is 1.29. The smallest absolute Gasteiger partial charge is 0.0340 e. The van der Waals surface area contributed by atoms with Crippen molar-refractivity contribution in [2.24, 2.45) is 0 Å². The molecule has 0 unspecified atom stereocenters. The van der Waals surface area contributed by atoms with Gasteiger partial charge >= 0.3 is 0 Å². The number of hydrogen-bond acceptors (Lipinski definition) is 1. The Morgan fingerprint density at radius 1 is 1.70 bits per heavy atom. The Labute approximate surface area is 62.1 Å². The summed E-state index contributed by atoms with van der Waals surface area (Å²) in [5.74, 6) is 0. The van der Waals surface area contributed by atoms with Crippen LogP contribution in [-0.4, -0.2) is 6.54 Å². The zero-order chi connectivity index (χ0) is 7.56. The van der Waals surface area contributed by atoms with Crippen molar-refractivity contribution in [2.45, 2.75) is 13.3 Å². The van der Waals surface area contributed by atoms with Crippen molar-refractivity contribution in [3.05, 3.63) is 36.1 Å². The Hall–Kier alpha value is -0.980. The Bertz CT molecular complexity index is 199. The summed E-state index contributed by atoms with van der Waals surface area (Å²) in [6.45, 7) is 10.8. The van der Waals surface area contributed by atoms with E-state index in [-0.39, 0.29) is 0 Å². The lowest BCUT2D eigenvalue weighted by atomic mass is 10.0. The van der Waals surface area contributed by atoms with Crippen LogP contribution in [0.25, 0.3) is 0 Å². The average molecular weight is 135 g/mol. The first-order valence-corrected chi connectivity index (χ1v) is 3.51. The molecule has 0 aliphatic carbocycles. The van der Waals surface area contributed by atoms with Crippen molar-refractivity contribution in [1.29, 1.82) is 0 Å². The average Bonchev–Trinajstić information content (AvgIpc) is 1.88. The van der Waals surface area contributed by atoms with E-state index in [2.05, 4.69) is 24.6 Å². The topological polar surface area (TPSA) is 12.0 Å².